The number of nitrogens with zero attached hydrogens (tertiary/aromatic N) is 3. The quantitative estimate of drug-likeness (QED) is 0.437. The number of imidazole rings is 1. The molecule has 2 heterocycles. The zero-order chi connectivity index (χ0) is 20.7. The number of hydrogen-bond acceptors (Lipinski definition) is 2. The Morgan fingerprint density at radius 3 is 2.57 bits per heavy atom. The monoisotopic (exact) mass is 415 g/mol. The third-order valence-corrected chi connectivity index (χ3v) is 6.23. The fourth-order valence-electron chi connectivity index (χ4n) is 4.31. The maximum absolute atomic E-state index is 12.9. The van der Waals surface area contributed by atoms with Gasteiger partial charge in [0.1, 0.15) is 5.82 Å². The second-order valence-electron chi connectivity index (χ2n) is 7.83. The molecule has 0 bridgehead atoms. The van der Waals surface area contributed by atoms with Crippen molar-refractivity contribution in [3.8, 4) is 0 Å². The van der Waals surface area contributed by atoms with E-state index in [2.05, 4.69) is 41.8 Å². The van der Waals surface area contributed by atoms with E-state index in [-0.39, 0.29) is 11.8 Å². The van der Waals surface area contributed by atoms with E-state index in [4.69, 9.17) is 16.6 Å². The molecule has 1 unspecified atom stereocenters. The highest BCUT2D eigenvalue weighted by atomic mass is 35.5. The lowest BCUT2D eigenvalue weighted by Crippen LogP contribution is -2.24. The van der Waals surface area contributed by atoms with Crippen LogP contribution in [-0.4, -0.2) is 22.0 Å². The molecule has 0 saturated carbocycles. The Balaban J connectivity index is 1.55. The SMILES string of the molecule is Cc1ccccc1Cn1c(C2CC(=O)N(c3ccccc3Cl)C2)nc2ccccc21. The summed E-state index contributed by atoms with van der Waals surface area (Å²) in [4.78, 5) is 19.6. The summed E-state index contributed by atoms with van der Waals surface area (Å²) in [5.41, 5.74) is 5.34. The molecule has 0 aliphatic carbocycles. The van der Waals surface area contributed by atoms with Crippen molar-refractivity contribution >= 4 is 34.2 Å². The molecule has 0 spiro atoms. The summed E-state index contributed by atoms with van der Waals surface area (Å²) in [5, 5.41) is 0.597. The number of hydrogen-bond donors (Lipinski definition) is 0. The van der Waals surface area contributed by atoms with Gasteiger partial charge in [-0.25, -0.2) is 4.98 Å². The van der Waals surface area contributed by atoms with Crippen LogP contribution in [0.2, 0.25) is 5.02 Å². The summed E-state index contributed by atoms with van der Waals surface area (Å²) in [7, 11) is 0. The lowest BCUT2D eigenvalue weighted by Gasteiger charge is -2.19. The highest BCUT2D eigenvalue weighted by molar-refractivity contribution is 6.33. The number of carbonyl (C=O) groups is 1. The van der Waals surface area contributed by atoms with Crippen molar-refractivity contribution in [1.82, 2.24) is 9.55 Å². The van der Waals surface area contributed by atoms with Gasteiger partial charge in [-0.2, -0.15) is 0 Å². The summed E-state index contributed by atoms with van der Waals surface area (Å²) >= 11 is 6.37. The van der Waals surface area contributed by atoms with Crippen molar-refractivity contribution < 1.29 is 4.79 Å². The number of fused-ring (bicyclic) bond motifs is 1. The maximum Gasteiger partial charge on any atom is 0.227 e. The first-order chi connectivity index (χ1) is 14.6. The smallest absolute Gasteiger partial charge is 0.227 e. The minimum Gasteiger partial charge on any atom is -0.323 e. The van der Waals surface area contributed by atoms with Crippen LogP contribution in [0.4, 0.5) is 5.69 Å². The molecule has 4 aromatic rings. The number of benzene rings is 3. The number of amides is 1. The number of halogens is 1. The fraction of sp³-hybridized carbons (Fsp3) is 0.200. The first-order valence-electron chi connectivity index (χ1n) is 10.2. The molecule has 1 aromatic heterocycles. The largest absolute Gasteiger partial charge is 0.323 e. The molecule has 150 valence electrons. The van der Waals surface area contributed by atoms with Gasteiger partial charge in [-0.3, -0.25) is 4.79 Å². The Hall–Kier alpha value is -3.11. The second kappa shape index (κ2) is 7.62. The van der Waals surface area contributed by atoms with Crippen LogP contribution >= 0.6 is 11.6 Å². The molecule has 1 saturated heterocycles. The Labute approximate surface area is 180 Å². The van der Waals surface area contributed by atoms with Gasteiger partial charge in [0.05, 0.1) is 21.7 Å². The van der Waals surface area contributed by atoms with Crippen molar-refractivity contribution in [2.75, 3.05) is 11.4 Å². The molecular weight excluding hydrogens is 394 g/mol. The van der Waals surface area contributed by atoms with Gasteiger partial charge < -0.3 is 9.47 Å². The molecule has 1 atom stereocenters. The average Bonchev–Trinajstić information content (AvgIpc) is 3.31. The van der Waals surface area contributed by atoms with Crippen LogP contribution in [-0.2, 0) is 11.3 Å². The lowest BCUT2D eigenvalue weighted by molar-refractivity contribution is -0.117. The van der Waals surface area contributed by atoms with Crippen molar-refractivity contribution in [1.29, 1.82) is 0 Å². The van der Waals surface area contributed by atoms with E-state index in [0.717, 1.165) is 29.1 Å². The van der Waals surface area contributed by atoms with Crippen molar-refractivity contribution in [3.05, 3.63) is 94.8 Å². The van der Waals surface area contributed by atoms with E-state index < -0.39 is 0 Å². The average molecular weight is 416 g/mol. The molecule has 4 nitrogen and oxygen atoms in total. The second-order valence-corrected chi connectivity index (χ2v) is 8.24. The van der Waals surface area contributed by atoms with Crippen molar-refractivity contribution in [2.45, 2.75) is 25.8 Å². The normalized spacial score (nSPS) is 16.5. The standard InChI is InChI=1S/C25H22ClN3O/c1-17-8-2-3-9-18(17)15-29-23-13-7-5-11-21(23)27-25(29)19-14-24(30)28(16-19)22-12-6-4-10-20(22)26/h2-13,19H,14-16H2,1H3. The van der Waals surface area contributed by atoms with E-state index in [1.807, 2.05) is 42.5 Å². The van der Waals surface area contributed by atoms with Gasteiger partial charge in [0.25, 0.3) is 0 Å². The van der Waals surface area contributed by atoms with Gasteiger partial charge in [-0.1, -0.05) is 60.1 Å². The molecule has 1 fully saturated rings. The summed E-state index contributed by atoms with van der Waals surface area (Å²) in [6.45, 7) is 3.45. The van der Waals surface area contributed by atoms with Crippen LogP contribution in [0.25, 0.3) is 11.0 Å². The number of carbonyl (C=O) groups excluding carboxylic acids is 1. The van der Waals surface area contributed by atoms with Crippen LogP contribution in [0.5, 0.6) is 0 Å². The predicted molar refractivity (Wildman–Crippen MR) is 121 cm³/mol. The third kappa shape index (κ3) is 3.27. The molecule has 0 radical (unpaired) electrons. The van der Waals surface area contributed by atoms with Crippen LogP contribution in [0, 0.1) is 6.92 Å². The Morgan fingerprint density at radius 2 is 1.73 bits per heavy atom. The Bertz CT molecular complexity index is 1250. The number of rotatable bonds is 4. The van der Waals surface area contributed by atoms with Crippen LogP contribution in [0.3, 0.4) is 0 Å². The van der Waals surface area contributed by atoms with E-state index in [9.17, 15) is 4.79 Å². The van der Waals surface area contributed by atoms with E-state index >= 15 is 0 Å². The topological polar surface area (TPSA) is 38.1 Å². The molecule has 5 rings (SSSR count). The molecule has 1 aliphatic rings. The zero-order valence-electron chi connectivity index (χ0n) is 16.8. The van der Waals surface area contributed by atoms with Gasteiger partial charge in [0, 0.05) is 25.4 Å². The number of para-hydroxylation sites is 3. The number of aromatic nitrogens is 2. The molecular formula is C25H22ClN3O. The zero-order valence-corrected chi connectivity index (χ0v) is 17.5. The minimum atomic E-state index is 0.0187. The highest BCUT2D eigenvalue weighted by Crippen LogP contribution is 2.36. The highest BCUT2D eigenvalue weighted by Gasteiger charge is 2.35. The van der Waals surface area contributed by atoms with E-state index in [1.54, 1.807) is 4.90 Å². The van der Waals surface area contributed by atoms with Gasteiger partial charge in [0.15, 0.2) is 0 Å². The minimum absolute atomic E-state index is 0.0187. The Morgan fingerprint density at radius 1 is 1.00 bits per heavy atom. The van der Waals surface area contributed by atoms with Crippen molar-refractivity contribution in [3.63, 3.8) is 0 Å². The number of aryl methyl sites for hydroxylation is 1. The van der Waals surface area contributed by atoms with Gasteiger partial charge in [0.2, 0.25) is 5.91 Å². The lowest BCUT2D eigenvalue weighted by atomic mass is 10.1. The molecule has 5 heteroatoms. The first kappa shape index (κ1) is 18.9. The van der Waals surface area contributed by atoms with E-state index in [0.29, 0.717) is 18.0 Å². The first-order valence-corrected chi connectivity index (χ1v) is 10.5. The van der Waals surface area contributed by atoms with Crippen LogP contribution in [0.15, 0.2) is 72.8 Å². The summed E-state index contributed by atoms with van der Waals surface area (Å²) < 4.78 is 2.27. The van der Waals surface area contributed by atoms with Crippen molar-refractivity contribution in [2.24, 2.45) is 0 Å². The third-order valence-electron chi connectivity index (χ3n) is 5.91. The summed E-state index contributed by atoms with van der Waals surface area (Å²) in [5.74, 6) is 1.06. The molecule has 30 heavy (non-hydrogen) atoms. The predicted octanol–water partition coefficient (Wildman–Crippen LogP) is 5.57. The van der Waals surface area contributed by atoms with Gasteiger partial charge >= 0.3 is 0 Å². The van der Waals surface area contributed by atoms with Gasteiger partial charge in [-0.15, -0.1) is 0 Å². The summed E-state index contributed by atoms with van der Waals surface area (Å²) in [6.07, 6.45) is 0.433. The maximum atomic E-state index is 12.9. The van der Waals surface area contributed by atoms with Crippen LogP contribution in [0.1, 0.15) is 29.3 Å². The molecule has 1 aliphatic heterocycles. The molecule has 0 N–H and O–H groups in total. The molecule has 3 aromatic carbocycles. The summed E-state index contributed by atoms with van der Waals surface area (Å²) in [6, 6.07) is 24.1. The molecule has 1 amide bonds. The number of anilines is 1. The van der Waals surface area contributed by atoms with E-state index in [1.165, 1.54) is 11.1 Å². The fourth-order valence-corrected chi connectivity index (χ4v) is 4.55. The van der Waals surface area contributed by atoms with Gasteiger partial charge in [-0.05, 0) is 42.3 Å². The van der Waals surface area contributed by atoms with Crippen LogP contribution < -0.4 is 4.90 Å². The Kier molecular flexibility index (Phi) is 4.80.